The highest BCUT2D eigenvalue weighted by atomic mass is 16.5. The molecule has 0 spiro atoms. The summed E-state index contributed by atoms with van der Waals surface area (Å²) in [7, 11) is 3.15. The molecule has 0 atom stereocenters. The van der Waals surface area contributed by atoms with Crippen LogP contribution in [0, 0.1) is 11.8 Å². The minimum atomic E-state index is -0.0872. The fourth-order valence-electron chi connectivity index (χ4n) is 1.73. The second kappa shape index (κ2) is 4.45. The zero-order chi connectivity index (χ0) is 8.97. The average Bonchev–Trinajstić information content (AvgIpc) is 2.00. The Balaban J connectivity index is 2.05. The molecule has 12 heavy (non-hydrogen) atoms. The van der Waals surface area contributed by atoms with E-state index in [1.165, 1.54) is 7.11 Å². The second-order valence-electron chi connectivity index (χ2n) is 3.44. The number of ether oxygens (including phenoxy) is 2. The van der Waals surface area contributed by atoms with Crippen molar-refractivity contribution in [3.63, 3.8) is 0 Å². The van der Waals surface area contributed by atoms with Crippen molar-refractivity contribution in [2.45, 2.75) is 19.3 Å². The summed E-state index contributed by atoms with van der Waals surface area (Å²) < 4.78 is 9.59. The Morgan fingerprint density at radius 1 is 1.33 bits per heavy atom. The van der Waals surface area contributed by atoms with Crippen LogP contribution in [0.5, 0.6) is 0 Å². The third kappa shape index (κ3) is 2.48. The Morgan fingerprint density at radius 2 is 2.00 bits per heavy atom. The van der Waals surface area contributed by atoms with Gasteiger partial charge < -0.3 is 9.47 Å². The summed E-state index contributed by atoms with van der Waals surface area (Å²) in [6, 6.07) is 0. The normalized spacial score (nSPS) is 27.8. The second-order valence-corrected chi connectivity index (χ2v) is 3.44. The number of hydrogen-bond acceptors (Lipinski definition) is 3. The molecule has 0 aromatic rings. The topological polar surface area (TPSA) is 35.5 Å². The molecule has 0 unspecified atom stereocenters. The van der Waals surface area contributed by atoms with Crippen LogP contribution in [0.3, 0.4) is 0 Å². The summed E-state index contributed by atoms with van der Waals surface area (Å²) in [4.78, 5) is 10.8. The van der Waals surface area contributed by atoms with Crippen LogP contribution in [-0.4, -0.2) is 26.8 Å². The van der Waals surface area contributed by atoms with Crippen molar-refractivity contribution in [3.05, 3.63) is 0 Å². The molecule has 0 bridgehead atoms. The first kappa shape index (κ1) is 9.52. The molecule has 0 aliphatic heterocycles. The zero-order valence-corrected chi connectivity index (χ0v) is 7.71. The number of hydrogen-bond donors (Lipinski definition) is 0. The lowest BCUT2D eigenvalue weighted by atomic mass is 9.74. The molecule has 70 valence electrons. The van der Waals surface area contributed by atoms with E-state index in [-0.39, 0.29) is 5.97 Å². The highest BCUT2D eigenvalue weighted by molar-refractivity contribution is 5.69. The third-order valence-corrected chi connectivity index (χ3v) is 2.42. The van der Waals surface area contributed by atoms with Crippen molar-refractivity contribution in [1.29, 1.82) is 0 Å². The predicted molar refractivity (Wildman–Crippen MR) is 44.7 cm³/mol. The Hall–Kier alpha value is -0.570. The van der Waals surface area contributed by atoms with Gasteiger partial charge in [0.1, 0.15) is 0 Å². The fourth-order valence-corrected chi connectivity index (χ4v) is 1.73. The van der Waals surface area contributed by atoms with Crippen molar-refractivity contribution in [2.24, 2.45) is 11.8 Å². The van der Waals surface area contributed by atoms with Gasteiger partial charge in [-0.05, 0) is 24.7 Å². The van der Waals surface area contributed by atoms with Gasteiger partial charge in [0.05, 0.1) is 7.11 Å². The number of carbonyl (C=O) groups is 1. The van der Waals surface area contributed by atoms with Crippen LogP contribution in [0.15, 0.2) is 0 Å². The van der Waals surface area contributed by atoms with E-state index < -0.39 is 0 Å². The molecule has 0 aromatic heterocycles. The van der Waals surface area contributed by atoms with Gasteiger partial charge in [0, 0.05) is 20.1 Å². The Bertz CT molecular complexity index is 150. The Morgan fingerprint density at radius 3 is 2.50 bits per heavy atom. The molecular weight excluding hydrogens is 156 g/mol. The molecule has 1 aliphatic carbocycles. The molecule has 3 heteroatoms. The maximum absolute atomic E-state index is 10.8. The molecule has 3 nitrogen and oxygen atoms in total. The monoisotopic (exact) mass is 172 g/mol. The van der Waals surface area contributed by atoms with Crippen molar-refractivity contribution in [2.75, 3.05) is 20.8 Å². The van der Waals surface area contributed by atoms with Crippen molar-refractivity contribution in [3.8, 4) is 0 Å². The molecule has 1 fully saturated rings. The maximum Gasteiger partial charge on any atom is 0.305 e. The van der Waals surface area contributed by atoms with Crippen LogP contribution < -0.4 is 0 Å². The van der Waals surface area contributed by atoms with E-state index in [4.69, 9.17) is 4.74 Å². The minimum absolute atomic E-state index is 0.0872. The van der Waals surface area contributed by atoms with Gasteiger partial charge in [0.2, 0.25) is 0 Å². The van der Waals surface area contributed by atoms with Crippen molar-refractivity contribution in [1.82, 2.24) is 0 Å². The van der Waals surface area contributed by atoms with Crippen LogP contribution in [0.1, 0.15) is 19.3 Å². The molecule has 0 radical (unpaired) electrons. The maximum atomic E-state index is 10.8. The number of esters is 1. The first-order valence-corrected chi connectivity index (χ1v) is 4.32. The molecule has 0 amide bonds. The van der Waals surface area contributed by atoms with Gasteiger partial charge in [-0.15, -0.1) is 0 Å². The van der Waals surface area contributed by atoms with Gasteiger partial charge in [-0.25, -0.2) is 0 Å². The lowest BCUT2D eigenvalue weighted by Crippen LogP contribution is -2.29. The summed E-state index contributed by atoms with van der Waals surface area (Å²) in [5.41, 5.74) is 0. The molecule has 1 rings (SSSR count). The van der Waals surface area contributed by atoms with Gasteiger partial charge >= 0.3 is 5.97 Å². The minimum Gasteiger partial charge on any atom is -0.469 e. The lowest BCUT2D eigenvalue weighted by Gasteiger charge is -2.33. The first-order chi connectivity index (χ1) is 5.76. The highest BCUT2D eigenvalue weighted by Crippen LogP contribution is 2.36. The van der Waals surface area contributed by atoms with Crippen LogP contribution in [-0.2, 0) is 14.3 Å². The molecular formula is C9H16O3. The van der Waals surface area contributed by atoms with Gasteiger partial charge in [0.15, 0.2) is 0 Å². The van der Waals surface area contributed by atoms with Gasteiger partial charge in [-0.3, -0.25) is 4.79 Å². The van der Waals surface area contributed by atoms with Gasteiger partial charge in [-0.1, -0.05) is 0 Å². The molecule has 0 N–H and O–H groups in total. The summed E-state index contributed by atoms with van der Waals surface area (Å²) in [5.74, 6) is 1.12. The lowest BCUT2D eigenvalue weighted by molar-refractivity contribution is -0.143. The summed E-state index contributed by atoms with van der Waals surface area (Å²) in [6.07, 6.45) is 2.81. The molecule has 1 aliphatic rings. The number of rotatable bonds is 4. The third-order valence-electron chi connectivity index (χ3n) is 2.42. The van der Waals surface area contributed by atoms with Crippen LogP contribution in [0.25, 0.3) is 0 Å². The highest BCUT2D eigenvalue weighted by Gasteiger charge is 2.30. The fraction of sp³-hybridized carbons (Fsp3) is 0.889. The van der Waals surface area contributed by atoms with Crippen LogP contribution >= 0.6 is 0 Å². The largest absolute Gasteiger partial charge is 0.469 e. The van der Waals surface area contributed by atoms with E-state index in [0.29, 0.717) is 18.3 Å². The van der Waals surface area contributed by atoms with Crippen molar-refractivity contribution >= 4 is 5.97 Å². The molecule has 1 saturated carbocycles. The average molecular weight is 172 g/mol. The molecule has 0 saturated heterocycles. The van der Waals surface area contributed by atoms with E-state index in [2.05, 4.69) is 4.74 Å². The van der Waals surface area contributed by atoms with Gasteiger partial charge in [0.25, 0.3) is 0 Å². The number of carbonyl (C=O) groups excluding carboxylic acids is 1. The van der Waals surface area contributed by atoms with E-state index in [1.807, 2.05) is 0 Å². The van der Waals surface area contributed by atoms with Crippen LogP contribution in [0.4, 0.5) is 0 Å². The predicted octanol–water partition coefficient (Wildman–Crippen LogP) is 1.22. The zero-order valence-electron chi connectivity index (χ0n) is 7.71. The van der Waals surface area contributed by atoms with Gasteiger partial charge in [-0.2, -0.15) is 0 Å². The Labute approximate surface area is 73.0 Å². The van der Waals surface area contributed by atoms with E-state index >= 15 is 0 Å². The summed E-state index contributed by atoms with van der Waals surface area (Å²) in [6.45, 7) is 0.831. The molecule has 0 heterocycles. The van der Waals surface area contributed by atoms with Crippen LogP contribution in [0.2, 0.25) is 0 Å². The summed E-state index contributed by atoms with van der Waals surface area (Å²) >= 11 is 0. The summed E-state index contributed by atoms with van der Waals surface area (Å²) in [5, 5.41) is 0. The smallest absolute Gasteiger partial charge is 0.305 e. The Kier molecular flexibility index (Phi) is 3.53. The van der Waals surface area contributed by atoms with E-state index in [1.54, 1.807) is 7.11 Å². The first-order valence-electron chi connectivity index (χ1n) is 4.32. The number of methoxy groups -OCH3 is 2. The van der Waals surface area contributed by atoms with E-state index in [9.17, 15) is 4.79 Å². The SMILES string of the molecule is COCC1CC(CC(=O)OC)C1. The molecule has 0 aromatic carbocycles. The van der Waals surface area contributed by atoms with E-state index in [0.717, 1.165) is 19.4 Å². The van der Waals surface area contributed by atoms with Crippen molar-refractivity contribution < 1.29 is 14.3 Å². The quantitative estimate of drug-likeness (QED) is 0.598. The standard InChI is InChI=1S/C9H16O3/c1-11-6-8-3-7(4-8)5-9(10)12-2/h7-8H,3-6H2,1-2H3.